The molecule has 1 fully saturated rings. The average molecular weight is 533 g/mol. The van der Waals surface area contributed by atoms with Gasteiger partial charge in [0.1, 0.15) is 16.9 Å². The van der Waals surface area contributed by atoms with Crippen molar-refractivity contribution in [3.05, 3.63) is 53.6 Å². The van der Waals surface area contributed by atoms with Gasteiger partial charge in [0.25, 0.3) is 0 Å². The zero-order chi connectivity index (χ0) is 25.5. The van der Waals surface area contributed by atoms with Gasteiger partial charge in [-0.1, -0.05) is 11.6 Å². The van der Waals surface area contributed by atoms with Crippen LogP contribution >= 0.6 is 23.4 Å². The number of rotatable bonds is 11. The summed E-state index contributed by atoms with van der Waals surface area (Å²) in [5.74, 6) is 0.648. The van der Waals surface area contributed by atoms with Crippen molar-refractivity contribution >= 4 is 40.2 Å². The summed E-state index contributed by atoms with van der Waals surface area (Å²) in [5, 5.41) is 11.4. The largest absolute Gasteiger partial charge is 0.497 e. The summed E-state index contributed by atoms with van der Waals surface area (Å²) in [5.41, 5.74) is 0.604. The van der Waals surface area contributed by atoms with E-state index in [2.05, 4.69) is 19.9 Å². The molecule has 7 nitrogen and oxygen atoms in total. The fourth-order valence-electron chi connectivity index (χ4n) is 4.92. The van der Waals surface area contributed by atoms with E-state index in [-0.39, 0.29) is 17.9 Å². The van der Waals surface area contributed by atoms with Crippen LogP contribution < -0.4 is 4.74 Å². The van der Waals surface area contributed by atoms with Crippen LogP contribution in [0.5, 0.6) is 5.75 Å². The van der Waals surface area contributed by atoms with Crippen molar-refractivity contribution in [2.24, 2.45) is 5.41 Å². The number of nitrogens with zero attached hydrogens (tertiary/aromatic N) is 4. The third-order valence-electron chi connectivity index (χ3n) is 6.95. The zero-order valence-corrected chi connectivity index (χ0v) is 21.8. The number of aliphatic carboxylic acids is 1. The molecule has 1 unspecified atom stereocenters. The van der Waals surface area contributed by atoms with E-state index in [9.17, 15) is 9.90 Å². The molecule has 0 amide bonds. The van der Waals surface area contributed by atoms with Gasteiger partial charge in [-0.15, -0.1) is 11.8 Å². The van der Waals surface area contributed by atoms with Crippen molar-refractivity contribution in [1.29, 1.82) is 0 Å². The summed E-state index contributed by atoms with van der Waals surface area (Å²) in [6, 6.07) is 5.31. The Hall–Kier alpha value is -2.49. The van der Waals surface area contributed by atoms with Gasteiger partial charge in [-0.05, 0) is 62.4 Å². The van der Waals surface area contributed by atoms with Gasteiger partial charge in [0.2, 0.25) is 0 Å². The van der Waals surface area contributed by atoms with Crippen molar-refractivity contribution in [3.63, 3.8) is 0 Å². The number of piperidine rings is 1. The van der Waals surface area contributed by atoms with Crippen molar-refractivity contribution < 1.29 is 19.0 Å². The SMILES string of the molecule is COc1ccc2ncc(Cl)c(C(F)CCC3(CC(=O)O)CCN(CCSc4cnccn4)CC3)c2c1. The summed E-state index contributed by atoms with van der Waals surface area (Å²) in [6.45, 7) is 2.47. The van der Waals surface area contributed by atoms with Crippen LogP contribution in [-0.4, -0.2) is 63.4 Å². The number of likely N-dealkylation sites (tertiary alicyclic amines) is 1. The second kappa shape index (κ2) is 12.2. The van der Waals surface area contributed by atoms with Gasteiger partial charge in [-0.2, -0.15) is 0 Å². The number of thioether (sulfide) groups is 1. The van der Waals surface area contributed by atoms with Crippen LogP contribution in [-0.2, 0) is 4.79 Å². The van der Waals surface area contributed by atoms with Crippen LogP contribution in [0.1, 0.15) is 43.8 Å². The molecule has 4 rings (SSSR count). The highest BCUT2D eigenvalue weighted by molar-refractivity contribution is 7.99. The lowest BCUT2D eigenvalue weighted by molar-refractivity contribution is -0.141. The number of halogens is 2. The third-order valence-corrected chi connectivity index (χ3v) is 8.14. The minimum atomic E-state index is -1.33. The predicted octanol–water partition coefficient (Wildman–Crippen LogP) is 5.83. The molecule has 0 saturated carbocycles. The topological polar surface area (TPSA) is 88.4 Å². The van der Waals surface area contributed by atoms with Gasteiger partial charge in [0.15, 0.2) is 0 Å². The number of benzene rings is 1. The summed E-state index contributed by atoms with van der Waals surface area (Å²) >= 11 is 8.05. The number of carboxylic acids is 1. The van der Waals surface area contributed by atoms with E-state index < -0.39 is 17.6 Å². The van der Waals surface area contributed by atoms with Gasteiger partial charge in [-0.3, -0.25) is 14.8 Å². The molecule has 0 bridgehead atoms. The quantitative estimate of drug-likeness (QED) is 0.309. The maximum Gasteiger partial charge on any atom is 0.303 e. The minimum Gasteiger partial charge on any atom is -0.497 e. The number of ether oxygens (including phenoxy) is 1. The lowest BCUT2D eigenvalue weighted by atomic mass is 9.71. The number of alkyl halides is 1. The highest BCUT2D eigenvalue weighted by atomic mass is 35.5. The number of hydrogen-bond acceptors (Lipinski definition) is 7. The third kappa shape index (κ3) is 6.63. The molecule has 3 aromatic rings. The zero-order valence-electron chi connectivity index (χ0n) is 20.2. The van der Waals surface area contributed by atoms with E-state index in [4.69, 9.17) is 16.3 Å². The second-order valence-corrected chi connectivity index (χ2v) is 10.7. The normalized spacial score (nSPS) is 16.6. The Labute approximate surface area is 219 Å². The van der Waals surface area contributed by atoms with Crippen molar-refractivity contribution in [2.75, 3.05) is 32.5 Å². The van der Waals surface area contributed by atoms with Crippen LogP contribution in [0, 0.1) is 5.41 Å². The Bertz CT molecular complexity index is 1180. The highest BCUT2D eigenvalue weighted by Crippen LogP contribution is 2.44. The molecule has 1 aliphatic heterocycles. The van der Waals surface area contributed by atoms with E-state index in [0.717, 1.165) is 43.3 Å². The summed E-state index contributed by atoms with van der Waals surface area (Å²) in [4.78, 5) is 26.7. The molecule has 1 N–H and O–H groups in total. The number of aromatic nitrogens is 3. The molecule has 1 aliphatic rings. The van der Waals surface area contributed by atoms with Gasteiger partial charge in [0.05, 0.1) is 30.3 Å². The van der Waals surface area contributed by atoms with E-state index in [1.165, 1.54) is 6.20 Å². The molecule has 192 valence electrons. The van der Waals surface area contributed by atoms with Crippen LogP contribution in [0.3, 0.4) is 0 Å². The molecule has 3 heterocycles. The summed E-state index contributed by atoms with van der Waals surface area (Å²) < 4.78 is 21.0. The molecular formula is C26H30ClFN4O3S. The van der Waals surface area contributed by atoms with Gasteiger partial charge < -0.3 is 14.7 Å². The molecule has 1 aromatic carbocycles. The van der Waals surface area contributed by atoms with Crippen molar-refractivity contribution in [3.8, 4) is 5.75 Å². The van der Waals surface area contributed by atoms with E-state index >= 15 is 4.39 Å². The number of methoxy groups -OCH3 is 1. The van der Waals surface area contributed by atoms with Crippen molar-refractivity contribution in [1.82, 2.24) is 19.9 Å². The maximum atomic E-state index is 15.7. The van der Waals surface area contributed by atoms with E-state index in [1.54, 1.807) is 55.7 Å². The first kappa shape index (κ1) is 26.6. The molecular weight excluding hydrogens is 503 g/mol. The molecule has 2 aromatic heterocycles. The Morgan fingerprint density at radius 1 is 1.28 bits per heavy atom. The number of carbonyl (C=O) groups is 1. The predicted molar refractivity (Wildman–Crippen MR) is 140 cm³/mol. The van der Waals surface area contributed by atoms with Gasteiger partial charge >= 0.3 is 5.97 Å². The number of carboxylic acid groups (broad SMARTS) is 1. The highest BCUT2D eigenvalue weighted by Gasteiger charge is 2.37. The molecule has 1 atom stereocenters. The maximum absolute atomic E-state index is 15.7. The Morgan fingerprint density at radius 2 is 2.08 bits per heavy atom. The molecule has 1 saturated heterocycles. The fraction of sp³-hybridized carbons (Fsp3) is 0.462. The fourth-order valence-corrected chi connectivity index (χ4v) is 6.02. The minimum absolute atomic E-state index is 0.0422. The number of pyridine rings is 1. The van der Waals surface area contributed by atoms with E-state index in [1.807, 2.05) is 0 Å². The molecule has 0 spiro atoms. The Morgan fingerprint density at radius 3 is 2.78 bits per heavy atom. The first-order valence-electron chi connectivity index (χ1n) is 12.0. The molecule has 10 heteroatoms. The standard InChI is InChI=1S/C26H30ClFN4O3S/c1-35-18-2-3-22-19(14-18)25(20(27)16-31-22)21(28)4-5-26(15-24(33)34)6-10-32(11-7-26)12-13-36-23-17-29-8-9-30-23/h2-3,8-9,14,16-17,21H,4-7,10-13,15H2,1H3,(H,33,34). The second-order valence-electron chi connectivity index (χ2n) is 9.21. The molecule has 0 aliphatic carbocycles. The summed E-state index contributed by atoms with van der Waals surface area (Å²) in [6.07, 6.45) is 7.40. The first-order valence-corrected chi connectivity index (χ1v) is 13.3. The Kier molecular flexibility index (Phi) is 8.98. The number of hydrogen-bond donors (Lipinski definition) is 1. The lowest BCUT2D eigenvalue weighted by Crippen LogP contribution is -2.42. The average Bonchev–Trinajstić information content (AvgIpc) is 2.88. The summed E-state index contributed by atoms with van der Waals surface area (Å²) in [7, 11) is 1.56. The van der Waals surface area contributed by atoms with Crippen LogP contribution in [0.25, 0.3) is 10.9 Å². The van der Waals surface area contributed by atoms with Gasteiger partial charge in [0, 0.05) is 41.8 Å². The molecule has 0 radical (unpaired) electrons. The van der Waals surface area contributed by atoms with Gasteiger partial charge in [-0.25, -0.2) is 9.37 Å². The monoisotopic (exact) mass is 532 g/mol. The lowest BCUT2D eigenvalue weighted by Gasteiger charge is -2.41. The van der Waals surface area contributed by atoms with E-state index in [0.29, 0.717) is 28.6 Å². The van der Waals surface area contributed by atoms with Crippen molar-refractivity contribution in [2.45, 2.75) is 43.3 Å². The van der Waals surface area contributed by atoms with Crippen LogP contribution in [0.2, 0.25) is 5.02 Å². The molecule has 36 heavy (non-hydrogen) atoms. The number of fused-ring (bicyclic) bond motifs is 1. The van der Waals surface area contributed by atoms with Crippen LogP contribution in [0.4, 0.5) is 4.39 Å². The van der Waals surface area contributed by atoms with Crippen LogP contribution in [0.15, 0.2) is 48.0 Å². The first-order chi connectivity index (χ1) is 17.4. The Balaban J connectivity index is 1.39. The smallest absolute Gasteiger partial charge is 0.303 e.